The van der Waals surface area contributed by atoms with Crippen LogP contribution in [0.1, 0.15) is 37.8 Å². The maximum Gasteiger partial charge on any atom is 0.222 e. The third-order valence-corrected chi connectivity index (χ3v) is 7.64. The van der Waals surface area contributed by atoms with Gasteiger partial charge in [0, 0.05) is 62.2 Å². The van der Waals surface area contributed by atoms with E-state index in [1.165, 1.54) is 18.7 Å². The summed E-state index contributed by atoms with van der Waals surface area (Å²) in [5.74, 6) is 1.97. The van der Waals surface area contributed by atoms with Gasteiger partial charge in [-0.1, -0.05) is 37.6 Å². The van der Waals surface area contributed by atoms with E-state index in [0.29, 0.717) is 12.0 Å². The normalized spacial score (nSPS) is 16.0. The molecule has 0 atom stereocenters. The van der Waals surface area contributed by atoms with Crippen LogP contribution in [-0.4, -0.2) is 71.0 Å². The summed E-state index contributed by atoms with van der Waals surface area (Å²) < 4.78 is 8.11. The van der Waals surface area contributed by atoms with Gasteiger partial charge in [-0.05, 0) is 37.1 Å². The molecule has 2 saturated heterocycles. The molecule has 2 aromatic carbocycles. The highest BCUT2D eigenvalue weighted by molar-refractivity contribution is 6.09. The van der Waals surface area contributed by atoms with Crippen molar-refractivity contribution >= 4 is 33.7 Å². The van der Waals surface area contributed by atoms with E-state index in [0.717, 1.165) is 78.1 Å². The zero-order valence-electron chi connectivity index (χ0n) is 23.3. The largest absolute Gasteiger partial charge is 0.496 e. The fraction of sp³-hybridized carbons (Fsp3) is 0.467. The van der Waals surface area contributed by atoms with E-state index >= 15 is 0 Å². The Balaban J connectivity index is 0.000000983. The van der Waals surface area contributed by atoms with Crippen molar-refractivity contribution in [2.24, 2.45) is 5.41 Å². The smallest absolute Gasteiger partial charge is 0.222 e. The van der Waals surface area contributed by atoms with Crippen LogP contribution in [0.2, 0.25) is 0 Å². The van der Waals surface area contributed by atoms with Crippen molar-refractivity contribution in [2.45, 2.75) is 39.8 Å². The third-order valence-electron chi connectivity index (χ3n) is 7.64. The first-order chi connectivity index (χ1) is 19.0. The number of anilines is 2. The molecule has 2 aromatic heterocycles. The van der Waals surface area contributed by atoms with E-state index in [-0.39, 0.29) is 12.6 Å². The number of unbranched alkanes of at least 4 members (excludes halogenated alkanes) is 1. The Kier molecular flexibility index (Phi) is 8.20. The van der Waals surface area contributed by atoms with Crippen LogP contribution in [-0.2, 0) is 13.1 Å². The Morgan fingerprint density at radius 1 is 1.10 bits per heavy atom. The van der Waals surface area contributed by atoms with Crippen molar-refractivity contribution in [3.05, 3.63) is 53.6 Å². The summed E-state index contributed by atoms with van der Waals surface area (Å²) in [5, 5.41) is 15.6. The first-order valence-electron chi connectivity index (χ1n) is 14.0. The number of nitrogens with one attached hydrogen (secondary N) is 2. The molecule has 1 spiro atoms. The van der Waals surface area contributed by atoms with Gasteiger partial charge in [0.25, 0.3) is 0 Å². The molecule has 0 saturated carbocycles. The lowest BCUT2D eigenvalue weighted by atomic mass is 9.74. The minimum Gasteiger partial charge on any atom is -0.496 e. The van der Waals surface area contributed by atoms with Crippen LogP contribution in [0.3, 0.4) is 0 Å². The highest BCUT2D eigenvalue weighted by Gasteiger charge is 2.47. The van der Waals surface area contributed by atoms with Crippen molar-refractivity contribution in [2.75, 3.05) is 57.5 Å². The minimum absolute atomic E-state index is 0.250. The van der Waals surface area contributed by atoms with E-state index in [1.807, 2.05) is 6.07 Å². The number of rotatable bonds is 9. The molecule has 6 rings (SSSR count). The molecule has 0 unspecified atom stereocenters. The number of nitrogens with two attached hydrogens (primary N) is 1. The fourth-order valence-corrected chi connectivity index (χ4v) is 5.82. The summed E-state index contributed by atoms with van der Waals surface area (Å²) in [6.45, 7) is 11.3. The van der Waals surface area contributed by atoms with E-state index in [1.54, 1.807) is 14.0 Å². The minimum atomic E-state index is 0.250. The molecule has 2 aliphatic heterocycles. The molecule has 4 aromatic rings. The number of nitrogen functional groups attached to an aromatic ring is 1. The number of nitrogens with zero attached hydrogens (tertiary/aromatic N) is 4. The van der Waals surface area contributed by atoms with Gasteiger partial charge in [0.1, 0.15) is 16.8 Å². The van der Waals surface area contributed by atoms with Gasteiger partial charge in [-0.2, -0.15) is 4.98 Å². The molecular weight excluding hydrogens is 490 g/mol. The second-order valence-corrected chi connectivity index (χ2v) is 10.7. The van der Waals surface area contributed by atoms with Gasteiger partial charge in [-0.3, -0.25) is 4.90 Å². The third kappa shape index (κ3) is 5.52. The number of fused-ring (bicyclic) bond motifs is 3. The average molecular weight is 532 g/mol. The molecule has 0 bridgehead atoms. The molecule has 0 amide bonds. The maximum absolute atomic E-state index is 7.57. The molecule has 2 aliphatic rings. The van der Waals surface area contributed by atoms with Crippen molar-refractivity contribution < 1.29 is 9.84 Å². The van der Waals surface area contributed by atoms with Crippen LogP contribution in [0.15, 0.2) is 42.5 Å². The molecule has 9 heteroatoms. The Morgan fingerprint density at radius 3 is 2.56 bits per heavy atom. The van der Waals surface area contributed by atoms with Gasteiger partial charge < -0.3 is 30.8 Å². The topological polar surface area (TPSA) is 113 Å². The van der Waals surface area contributed by atoms with Crippen molar-refractivity contribution in [1.29, 1.82) is 0 Å². The number of para-hydroxylation sites is 1. The van der Waals surface area contributed by atoms with Gasteiger partial charge in [0.05, 0.1) is 19.2 Å². The van der Waals surface area contributed by atoms with Crippen LogP contribution in [0.5, 0.6) is 5.75 Å². The molecule has 2 fully saturated rings. The highest BCUT2D eigenvalue weighted by atomic mass is 16.5. The van der Waals surface area contributed by atoms with Crippen LogP contribution in [0, 0.1) is 5.41 Å². The predicted molar refractivity (Wildman–Crippen MR) is 158 cm³/mol. The van der Waals surface area contributed by atoms with E-state index < -0.39 is 0 Å². The van der Waals surface area contributed by atoms with Crippen molar-refractivity contribution in [3.8, 4) is 5.75 Å². The molecule has 9 nitrogen and oxygen atoms in total. The molecule has 208 valence electrons. The summed E-state index contributed by atoms with van der Waals surface area (Å²) in [6.07, 6.45) is 2.17. The first-order valence-corrected chi connectivity index (χ1v) is 14.0. The van der Waals surface area contributed by atoms with Crippen LogP contribution >= 0.6 is 0 Å². The Morgan fingerprint density at radius 2 is 1.87 bits per heavy atom. The standard InChI is InChI=1S/C28H35N7O.C2H6O/c1-3-4-11-31-26-25-24(32-27(29)33-26)21-7-5-6-8-22(21)35(25)14-20-12-19(9-10-23(20)36-2)13-34-17-28(18-34)15-30-16-28;1-2-3/h5-10,12,30H,3-4,11,13-18H2,1-2H3,(H3,29,31,32,33);3H,2H2,1H3. The van der Waals surface area contributed by atoms with Gasteiger partial charge >= 0.3 is 0 Å². The zero-order valence-corrected chi connectivity index (χ0v) is 23.3. The second-order valence-electron chi connectivity index (χ2n) is 10.7. The summed E-state index contributed by atoms with van der Waals surface area (Å²) in [5.41, 5.74) is 12.1. The quantitative estimate of drug-likeness (QED) is 0.241. The maximum atomic E-state index is 7.57. The molecule has 5 N–H and O–H groups in total. The van der Waals surface area contributed by atoms with Crippen molar-refractivity contribution in [1.82, 2.24) is 24.8 Å². The van der Waals surface area contributed by atoms with Gasteiger partial charge in [-0.15, -0.1) is 0 Å². The van der Waals surface area contributed by atoms with Crippen LogP contribution in [0.25, 0.3) is 21.9 Å². The summed E-state index contributed by atoms with van der Waals surface area (Å²) >= 11 is 0. The predicted octanol–water partition coefficient (Wildman–Crippen LogP) is 3.84. The number of aliphatic hydroxyl groups excluding tert-OH is 1. The summed E-state index contributed by atoms with van der Waals surface area (Å²) in [4.78, 5) is 11.8. The van der Waals surface area contributed by atoms with Crippen molar-refractivity contribution in [3.63, 3.8) is 0 Å². The number of likely N-dealkylation sites (tertiary alicyclic amines) is 1. The Bertz CT molecular complexity index is 1420. The molecular formula is C30H41N7O2. The SMILES string of the molecule is CCCCNc1nc(N)nc2c3ccccc3n(Cc3cc(CN4CC5(CNC5)C4)ccc3OC)c12.CCO. The Hall–Kier alpha value is -3.40. The number of methoxy groups -OCH3 is 1. The van der Waals surface area contributed by atoms with Gasteiger partial charge in [0.2, 0.25) is 5.95 Å². The van der Waals surface area contributed by atoms with E-state index in [9.17, 15) is 0 Å². The second kappa shape index (κ2) is 11.8. The fourth-order valence-electron chi connectivity index (χ4n) is 5.82. The van der Waals surface area contributed by atoms with E-state index in [2.05, 4.69) is 73.4 Å². The lowest BCUT2D eigenvalue weighted by molar-refractivity contribution is -0.0444. The highest BCUT2D eigenvalue weighted by Crippen LogP contribution is 2.36. The number of ether oxygens (including phenoxy) is 1. The summed E-state index contributed by atoms with van der Waals surface area (Å²) in [6, 6.07) is 15.0. The summed E-state index contributed by atoms with van der Waals surface area (Å²) in [7, 11) is 1.74. The van der Waals surface area contributed by atoms with E-state index in [4.69, 9.17) is 15.6 Å². The average Bonchev–Trinajstić information content (AvgIpc) is 3.19. The van der Waals surface area contributed by atoms with Gasteiger partial charge in [-0.25, -0.2) is 4.98 Å². The lowest BCUT2D eigenvalue weighted by Gasteiger charge is -2.56. The molecule has 0 radical (unpaired) electrons. The van der Waals surface area contributed by atoms with Crippen LogP contribution in [0.4, 0.5) is 11.8 Å². The number of aliphatic hydroxyl groups is 1. The van der Waals surface area contributed by atoms with Gasteiger partial charge in [0.15, 0.2) is 5.82 Å². The number of hydrogen-bond acceptors (Lipinski definition) is 8. The first kappa shape index (κ1) is 27.2. The Labute approximate surface area is 230 Å². The number of benzene rings is 2. The number of hydrogen-bond donors (Lipinski definition) is 4. The molecule has 4 heterocycles. The molecule has 0 aliphatic carbocycles. The molecule has 39 heavy (non-hydrogen) atoms. The monoisotopic (exact) mass is 531 g/mol. The number of aromatic nitrogens is 3. The lowest BCUT2D eigenvalue weighted by Crippen LogP contribution is -2.70. The van der Waals surface area contributed by atoms with Crippen LogP contribution < -0.4 is 21.1 Å². The zero-order chi connectivity index (χ0) is 27.4.